The molecule has 3 amide bonds. The Hall–Kier alpha value is -5.33. The van der Waals surface area contributed by atoms with Crippen LogP contribution in [0.5, 0.6) is 5.75 Å². The number of methoxy groups -OCH3 is 1. The van der Waals surface area contributed by atoms with Crippen molar-refractivity contribution in [2.45, 2.75) is 57.4 Å². The van der Waals surface area contributed by atoms with E-state index < -0.39 is 11.9 Å². The minimum Gasteiger partial charge on any atom is -0.496 e. The lowest BCUT2D eigenvalue weighted by molar-refractivity contribution is -0.134. The summed E-state index contributed by atoms with van der Waals surface area (Å²) in [6.45, 7) is 2.51. The van der Waals surface area contributed by atoms with Crippen molar-refractivity contribution in [2.75, 3.05) is 43.5 Å². The highest BCUT2D eigenvalue weighted by molar-refractivity contribution is 6.01. The molecule has 1 unspecified atom stereocenters. The number of carbonyl (C=O) groups is 3. The molecular weight excluding hydrogens is 682 g/mol. The predicted octanol–water partition coefficient (Wildman–Crippen LogP) is 5.19. The highest BCUT2D eigenvalue weighted by atomic mass is 19.1. The van der Waals surface area contributed by atoms with Crippen molar-refractivity contribution < 1.29 is 27.9 Å². The van der Waals surface area contributed by atoms with Crippen LogP contribution in [-0.2, 0) is 27.9 Å². The fraction of sp³-hybridized carbons (Fsp3) is 0.425. The third kappa shape index (κ3) is 7.74. The average Bonchev–Trinajstić information content (AvgIpc) is 3.15. The normalized spacial score (nSPS) is 18.7. The Balaban J connectivity index is 0.904. The second-order valence-electron chi connectivity index (χ2n) is 14.5. The van der Waals surface area contributed by atoms with Gasteiger partial charge in [-0.05, 0) is 97.7 Å². The van der Waals surface area contributed by atoms with Gasteiger partial charge in [-0.15, -0.1) is 0 Å². The number of imide groups is 1. The minimum absolute atomic E-state index is 0.129. The summed E-state index contributed by atoms with van der Waals surface area (Å²) in [5, 5.41) is 6.48. The van der Waals surface area contributed by atoms with Gasteiger partial charge in [0.2, 0.25) is 17.7 Å². The summed E-state index contributed by atoms with van der Waals surface area (Å²) in [4.78, 5) is 57.5. The maximum Gasteiger partial charge on any atom is 0.259 e. The van der Waals surface area contributed by atoms with E-state index in [2.05, 4.69) is 15.6 Å². The number of benzene rings is 2. The van der Waals surface area contributed by atoms with Gasteiger partial charge in [0.25, 0.3) is 5.56 Å². The number of nitrogens with one attached hydrogen (secondary N) is 2. The number of halogens is 2. The lowest BCUT2D eigenvalue weighted by Crippen LogP contribution is -2.47. The molecule has 0 saturated carbocycles. The van der Waals surface area contributed by atoms with Gasteiger partial charge in [0.1, 0.15) is 23.4 Å². The lowest BCUT2D eigenvalue weighted by Gasteiger charge is -2.36. The molecule has 5 heterocycles. The fourth-order valence-corrected chi connectivity index (χ4v) is 8.00. The number of rotatable bonds is 9. The largest absolute Gasteiger partial charge is 0.496 e. The quantitative estimate of drug-likeness (QED) is 0.226. The molecule has 13 heteroatoms. The van der Waals surface area contributed by atoms with E-state index in [1.165, 1.54) is 30.0 Å². The predicted molar refractivity (Wildman–Crippen MR) is 198 cm³/mol. The van der Waals surface area contributed by atoms with Crippen LogP contribution in [0.2, 0.25) is 0 Å². The zero-order valence-electron chi connectivity index (χ0n) is 30.0. The van der Waals surface area contributed by atoms with Crippen LogP contribution in [0.4, 0.5) is 20.2 Å². The zero-order chi connectivity index (χ0) is 37.2. The van der Waals surface area contributed by atoms with Crippen LogP contribution >= 0.6 is 0 Å². The van der Waals surface area contributed by atoms with Gasteiger partial charge < -0.3 is 24.4 Å². The molecule has 2 aromatic carbocycles. The molecule has 0 bridgehead atoms. The Bertz CT molecular complexity index is 2110. The van der Waals surface area contributed by atoms with Crippen molar-refractivity contribution in [3.8, 4) is 16.9 Å². The summed E-state index contributed by atoms with van der Waals surface area (Å²) in [5.41, 5.74) is 2.65. The first-order valence-corrected chi connectivity index (χ1v) is 18.3. The topological polar surface area (TPSA) is 126 Å². The summed E-state index contributed by atoms with van der Waals surface area (Å²) in [6.07, 6.45) is 9.49. The first kappa shape index (κ1) is 36.0. The molecule has 3 aliphatic rings. The molecular formula is C40H44F2N6O5. The number of aryl methyl sites for hydroxylation is 1. The van der Waals surface area contributed by atoms with E-state index in [1.54, 1.807) is 37.6 Å². The number of likely N-dealkylation sites (tertiary alicyclic amines) is 1. The molecule has 3 aliphatic heterocycles. The number of amides is 3. The van der Waals surface area contributed by atoms with E-state index in [0.717, 1.165) is 25.7 Å². The van der Waals surface area contributed by atoms with Gasteiger partial charge in [-0.2, -0.15) is 0 Å². The van der Waals surface area contributed by atoms with Crippen LogP contribution in [-0.4, -0.2) is 71.5 Å². The second kappa shape index (κ2) is 15.3. The Labute approximate surface area is 306 Å². The molecule has 11 nitrogen and oxygen atoms in total. The number of nitrogens with zero attached hydrogens (tertiary/aromatic N) is 4. The zero-order valence-corrected chi connectivity index (χ0v) is 30.0. The van der Waals surface area contributed by atoms with Gasteiger partial charge in [-0.3, -0.25) is 29.5 Å². The van der Waals surface area contributed by atoms with Crippen molar-refractivity contribution in [3.05, 3.63) is 82.5 Å². The van der Waals surface area contributed by atoms with Crippen LogP contribution in [0.1, 0.15) is 50.5 Å². The highest BCUT2D eigenvalue weighted by Crippen LogP contribution is 2.36. The standard InChI is InChI=1S/C40H44F2N6O5/c1-46-23-31(28-7-12-43-22-30(28)40(46)52)26-19-32(41)29(36(20-26)53-2)17-24-10-15-48(16-11-24)38(50)18-25-8-13-47(14-9-25)35-5-3-27(21-33(35)42)44-34-4-6-37(49)45-39(34)51/h3,5,7,12,19-25,34,44H,4,6,8-11,13-18H2,1-2H3,(H,45,49,51). The minimum atomic E-state index is -0.582. The lowest BCUT2D eigenvalue weighted by atomic mass is 9.87. The third-order valence-electron chi connectivity index (χ3n) is 11.1. The van der Waals surface area contributed by atoms with Gasteiger partial charge in [0.15, 0.2) is 0 Å². The molecule has 0 aliphatic carbocycles. The van der Waals surface area contributed by atoms with Crippen molar-refractivity contribution in [2.24, 2.45) is 18.9 Å². The van der Waals surface area contributed by atoms with E-state index >= 15 is 8.78 Å². The van der Waals surface area contributed by atoms with E-state index in [9.17, 15) is 19.2 Å². The maximum atomic E-state index is 15.8. The number of hydrogen-bond acceptors (Lipinski definition) is 8. The molecule has 4 aromatic rings. The van der Waals surface area contributed by atoms with Crippen molar-refractivity contribution in [1.29, 1.82) is 0 Å². The van der Waals surface area contributed by atoms with E-state index in [4.69, 9.17) is 4.74 Å². The molecule has 53 heavy (non-hydrogen) atoms. The van der Waals surface area contributed by atoms with Crippen LogP contribution in [0.15, 0.2) is 59.8 Å². The number of anilines is 2. The summed E-state index contributed by atoms with van der Waals surface area (Å²) in [7, 11) is 3.20. The molecule has 3 fully saturated rings. The third-order valence-corrected chi connectivity index (χ3v) is 11.1. The molecule has 278 valence electrons. The molecule has 1 atom stereocenters. The summed E-state index contributed by atoms with van der Waals surface area (Å²) in [6, 6.07) is 9.35. The summed E-state index contributed by atoms with van der Waals surface area (Å²) >= 11 is 0. The van der Waals surface area contributed by atoms with Crippen LogP contribution in [0.25, 0.3) is 21.9 Å². The molecule has 0 spiro atoms. The van der Waals surface area contributed by atoms with Gasteiger partial charge in [0, 0.05) is 81.5 Å². The number of piperidine rings is 3. The van der Waals surface area contributed by atoms with Gasteiger partial charge >= 0.3 is 0 Å². The van der Waals surface area contributed by atoms with Gasteiger partial charge in [-0.1, -0.05) is 0 Å². The SMILES string of the molecule is COc1cc(-c2cn(C)c(=O)c3cnccc23)cc(F)c1CC1CCN(C(=O)CC2CCN(c3ccc(NC4CCC(=O)NC4=O)cc3F)CC2)CC1. The smallest absolute Gasteiger partial charge is 0.259 e. The number of carbonyl (C=O) groups excluding carboxylic acids is 3. The maximum absolute atomic E-state index is 15.8. The van der Waals surface area contributed by atoms with E-state index in [0.29, 0.717) is 90.0 Å². The van der Waals surface area contributed by atoms with Crippen LogP contribution < -0.4 is 25.8 Å². The second-order valence-corrected chi connectivity index (χ2v) is 14.5. The molecule has 0 radical (unpaired) electrons. The number of fused-ring (bicyclic) bond motifs is 1. The highest BCUT2D eigenvalue weighted by Gasteiger charge is 2.30. The first-order valence-electron chi connectivity index (χ1n) is 18.3. The van der Waals surface area contributed by atoms with Gasteiger partial charge in [-0.25, -0.2) is 8.78 Å². The molecule has 7 rings (SSSR count). The summed E-state index contributed by atoms with van der Waals surface area (Å²) < 4.78 is 38.1. The Morgan fingerprint density at radius 1 is 0.943 bits per heavy atom. The van der Waals surface area contributed by atoms with Crippen molar-refractivity contribution in [1.82, 2.24) is 19.8 Å². The number of ether oxygens (including phenoxy) is 1. The Morgan fingerprint density at radius 3 is 2.42 bits per heavy atom. The Morgan fingerprint density at radius 2 is 1.70 bits per heavy atom. The van der Waals surface area contributed by atoms with Crippen molar-refractivity contribution >= 4 is 39.9 Å². The monoisotopic (exact) mass is 726 g/mol. The summed E-state index contributed by atoms with van der Waals surface area (Å²) in [5.74, 6) is -0.454. The fourth-order valence-electron chi connectivity index (χ4n) is 8.00. The molecule has 2 N–H and O–H groups in total. The first-order chi connectivity index (χ1) is 25.6. The van der Waals surface area contributed by atoms with Crippen LogP contribution in [0, 0.1) is 23.5 Å². The number of pyridine rings is 2. The molecule has 2 aromatic heterocycles. The number of hydrogen-bond donors (Lipinski definition) is 2. The van der Waals surface area contributed by atoms with Crippen LogP contribution in [0.3, 0.4) is 0 Å². The van der Waals surface area contributed by atoms with Gasteiger partial charge in [0.05, 0.1) is 18.2 Å². The van der Waals surface area contributed by atoms with E-state index in [1.807, 2.05) is 15.9 Å². The number of aromatic nitrogens is 2. The average molecular weight is 727 g/mol. The van der Waals surface area contributed by atoms with E-state index in [-0.39, 0.29) is 47.3 Å². The van der Waals surface area contributed by atoms with Crippen molar-refractivity contribution in [3.63, 3.8) is 0 Å². The molecule has 3 saturated heterocycles. The Kier molecular flexibility index (Phi) is 10.4.